The summed E-state index contributed by atoms with van der Waals surface area (Å²) in [6, 6.07) is 16.1. The normalized spacial score (nSPS) is 11.0. The van der Waals surface area contributed by atoms with E-state index in [1.54, 1.807) is 18.9 Å². The Balaban J connectivity index is 1.64. The van der Waals surface area contributed by atoms with E-state index in [1.165, 1.54) is 11.9 Å². The Morgan fingerprint density at radius 2 is 1.80 bits per heavy atom. The van der Waals surface area contributed by atoms with Gasteiger partial charge in [0.2, 0.25) is 0 Å². The molecule has 2 aromatic carbocycles. The number of aryl methyl sites for hydroxylation is 1. The van der Waals surface area contributed by atoms with E-state index in [2.05, 4.69) is 29.7 Å². The molecule has 0 radical (unpaired) electrons. The number of para-hydroxylation sites is 4. The lowest BCUT2D eigenvalue weighted by molar-refractivity contribution is 0.313. The third-order valence-corrected chi connectivity index (χ3v) is 4.94. The number of methoxy groups -OCH3 is 1. The van der Waals surface area contributed by atoms with Gasteiger partial charge in [0, 0.05) is 12.3 Å². The van der Waals surface area contributed by atoms with Gasteiger partial charge in [-0.05, 0) is 30.7 Å². The molecular formula is C20H24N2O2S. The molecule has 0 atom stereocenters. The number of imidazole rings is 1. The first-order valence-electron chi connectivity index (χ1n) is 8.67. The van der Waals surface area contributed by atoms with Gasteiger partial charge in [-0.15, -0.1) is 0 Å². The predicted octanol–water partition coefficient (Wildman–Crippen LogP) is 5.02. The number of unbranched alkanes of at least 4 members (excludes halogenated alkanes) is 1. The summed E-state index contributed by atoms with van der Waals surface area (Å²) in [5.74, 6) is 2.39. The van der Waals surface area contributed by atoms with Crippen LogP contribution in [0.25, 0.3) is 11.0 Å². The summed E-state index contributed by atoms with van der Waals surface area (Å²) in [5, 5.41) is 1.07. The van der Waals surface area contributed by atoms with Crippen molar-refractivity contribution in [2.45, 2.75) is 31.5 Å². The molecule has 3 aromatic rings. The van der Waals surface area contributed by atoms with Crippen molar-refractivity contribution >= 4 is 22.8 Å². The molecule has 3 rings (SSSR count). The van der Waals surface area contributed by atoms with Gasteiger partial charge in [-0.1, -0.05) is 49.4 Å². The Kier molecular flexibility index (Phi) is 6.23. The van der Waals surface area contributed by atoms with E-state index < -0.39 is 0 Å². The fraction of sp³-hybridized carbons (Fsp3) is 0.350. The third kappa shape index (κ3) is 4.28. The van der Waals surface area contributed by atoms with Crippen LogP contribution in [0.3, 0.4) is 0 Å². The zero-order chi connectivity index (χ0) is 17.5. The molecule has 0 unspecified atom stereocenters. The second-order valence-electron chi connectivity index (χ2n) is 5.74. The molecule has 132 valence electrons. The Morgan fingerprint density at radius 3 is 2.60 bits per heavy atom. The highest BCUT2D eigenvalue weighted by Gasteiger charge is 2.11. The maximum absolute atomic E-state index is 5.86. The minimum absolute atomic E-state index is 0.613. The van der Waals surface area contributed by atoms with Crippen LogP contribution < -0.4 is 9.47 Å². The Labute approximate surface area is 153 Å². The third-order valence-electron chi connectivity index (χ3n) is 4.00. The van der Waals surface area contributed by atoms with Gasteiger partial charge in [-0.25, -0.2) is 4.98 Å². The van der Waals surface area contributed by atoms with Crippen LogP contribution in [0.1, 0.15) is 19.8 Å². The molecule has 1 aromatic heterocycles. The Bertz CT molecular complexity index is 816. The van der Waals surface area contributed by atoms with Crippen LogP contribution in [0.15, 0.2) is 53.7 Å². The SMILES string of the molecule is CCCCn1c(SCCOc2ccccc2OC)nc2ccccc21. The second-order valence-corrected chi connectivity index (χ2v) is 6.80. The summed E-state index contributed by atoms with van der Waals surface area (Å²) in [7, 11) is 1.66. The predicted molar refractivity (Wildman–Crippen MR) is 104 cm³/mol. The lowest BCUT2D eigenvalue weighted by Crippen LogP contribution is -2.04. The first kappa shape index (κ1) is 17.7. The van der Waals surface area contributed by atoms with Crippen LogP contribution in [0, 0.1) is 0 Å². The van der Waals surface area contributed by atoms with Crippen LogP contribution in [0.4, 0.5) is 0 Å². The van der Waals surface area contributed by atoms with E-state index in [0.29, 0.717) is 6.61 Å². The minimum Gasteiger partial charge on any atom is -0.493 e. The number of ether oxygens (including phenoxy) is 2. The number of aromatic nitrogens is 2. The maximum Gasteiger partial charge on any atom is 0.169 e. The average molecular weight is 356 g/mol. The van der Waals surface area contributed by atoms with E-state index in [4.69, 9.17) is 14.5 Å². The Morgan fingerprint density at radius 1 is 1.04 bits per heavy atom. The average Bonchev–Trinajstić information content (AvgIpc) is 3.01. The Hall–Kier alpha value is -2.14. The standard InChI is InChI=1S/C20H24N2O2S/c1-3-4-13-22-17-10-6-5-9-16(17)21-20(22)25-15-14-24-19-12-8-7-11-18(19)23-2/h5-12H,3-4,13-15H2,1-2H3. The highest BCUT2D eigenvalue weighted by molar-refractivity contribution is 7.99. The number of nitrogens with zero attached hydrogens (tertiary/aromatic N) is 2. The maximum atomic E-state index is 5.86. The summed E-state index contributed by atoms with van der Waals surface area (Å²) in [6.45, 7) is 3.84. The quantitative estimate of drug-likeness (QED) is 0.399. The van der Waals surface area contributed by atoms with Gasteiger partial charge in [-0.2, -0.15) is 0 Å². The number of hydrogen-bond acceptors (Lipinski definition) is 4. The number of benzene rings is 2. The smallest absolute Gasteiger partial charge is 0.169 e. The molecule has 0 amide bonds. The number of fused-ring (bicyclic) bond motifs is 1. The molecule has 0 spiro atoms. The lowest BCUT2D eigenvalue weighted by atomic mass is 10.3. The summed E-state index contributed by atoms with van der Waals surface area (Å²) in [4.78, 5) is 4.79. The van der Waals surface area contributed by atoms with Crippen molar-refractivity contribution in [2.75, 3.05) is 19.5 Å². The summed E-state index contributed by atoms with van der Waals surface area (Å²) >= 11 is 1.74. The monoisotopic (exact) mass is 356 g/mol. The number of hydrogen-bond donors (Lipinski definition) is 0. The van der Waals surface area contributed by atoms with Crippen molar-refractivity contribution < 1.29 is 9.47 Å². The van der Waals surface area contributed by atoms with Gasteiger partial charge in [0.15, 0.2) is 16.7 Å². The fourth-order valence-electron chi connectivity index (χ4n) is 2.72. The van der Waals surface area contributed by atoms with Gasteiger partial charge < -0.3 is 14.0 Å². The van der Waals surface area contributed by atoms with Gasteiger partial charge in [0.1, 0.15) is 0 Å². The van der Waals surface area contributed by atoms with Crippen molar-refractivity contribution in [1.29, 1.82) is 0 Å². The molecule has 0 bridgehead atoms. The molecule has 0 N–H and O–H groups in total. The van der Waals surface area contributed by atoms with E-state index in [-0.39, 0.29) is 0 Å². The second kappa shape index (κ2) is 8.81. The van der Waals surface area contributed by atoms with Crippen LogP contribution >= 0.6 is 11.8 Å². The van der Waals surface area contributed by atoms with Crippen molar-refractivity contribution in [3.8, 4) is 11.5 Å². The molecule has 4 nitrogen and oxygen atoms in total. The highest BCUT2D eigenvalue weighted by Crippen LogP contribution is 2.27. The zero-order valence-corrected chi connectivity index (χ0v) is 15.6. The van der Waals surface area contributed by atoms with Gasteiger partial charge in [-0.3, -0.25) is 0 Å². The minimum atomic E-state index is 0.613. The largest absolute Gasteiger partial charge is 0.493 e. The molecule has 0 aliphatic heterocycles. The van der Waals surface area contributed by atoms with Crippen molar-refractivity contribution in [3.05, 3.63) is 48.5 Å². The molecule has 0 saturated heterocycles. The molecule has 0 aliphatic rings. The molecule has 5 heteroatoms. The van der Waals surface area contributed by atoms with Gasteiger partial charge in [0.25, 0.3) is 0 Å². The highest BCUT2D eigenvalue weighted by atomic mass is 32.2. The molecule has 0 saturated carbocycles. The molecular weight excluding hydrogens is 332 g/mol. The molecule has 1 heterocycles. The first-order chi connectivity index (χ1) is 12.3. The number of thioether (sulfide) groups is 1. The lowest BCUT2D eigenvalue weighted by Gasteiger charge is -2.11. The molecule has 0 fully saturated rings. The van der Waals surface area contributed by atoms with Crippen molar-refractivity contribution in [3.63, 3.8) is 0 Å². The summed E-state index contributed by atoms with van der Waals surface area (Å²) in [5.41, 5.74) is 2.27. The van der Waals surface area contributed by atoms with E-state index >= 15 is 0 Å². The first-order valence-corrected chi connectivity index (χ1v) is 9.66. The number of rotatable bonds is 9. The van der Waals surface area contributed by atoms with Gasteiger partial charge >= 0.3 is 0 Å². The van der Waals surface area contributed by atoms with Crippen molar-refractivity contribution in [1.82, 2.24) is 9.55 Å². The topological polar surface area (TPSA) is 36.3 Å². The van der Waals surface area contributed by atoms with E-state index in [1.807, 2.05) is 30.3 Å². The van der Waals surface area contributed by atoms with Crippen LogP contribution in [0.2, 0.25) is 0 Å². The van der Waals surface area contributed by atoms with Crippen LogP contribution in [-0.4, -0.2) is 29.0 Å². The van der Waals surface area contributed by atoms with E-state index in [9.17, 15) is 0 Å². The van der Waals surface area contributed by atoms with Crippen LogP contribution in [0.5, 0.6) is 11.5 Å². The van der Waals surface area contributed by atoms with Gasteiger partial charge in [0.05, 0.1) is 24.8 Å². The van der Waals surface area contributed by atoms with Crippen LogP contribution in [-0.2, 0) is 6.54 Å². The zero-order valence-electron chi connectivity index (χ0n) is 14.8. The molecule has 25 heavy (non-hydrogen) atoms. The van der Waals surface area contributed by atoms with Crippen molar-refractivity contribution in [2.24, 2.45) is 0 Å². The molecule has 0 aliphatic carbocycles. The summed E-state index contributed by atoms with van der Waals surface area (Å²) < 4.78 is 13.5. The fourth-order valence-corrected chi connectivity index (χ4v) is 3.58. The van der Waals surface area contributed by atoms with E-state index in [0.717, 1.165) is 40.9 Å². The summed E-state index contributed by atoms with van der Waals surface area (Å²) in [6.07, 6.45) is 2.33.